The molecule has 0 aliphatic carbocycles. The first-order chi connectivity index (χ1) is 18.7. The summed E-state index contributed by atoms with van der Waals surface area (Å²) in [6.07, 6.45) is 0. The molecule has 1 aliphatic rings. The molecule has 1 heterocycles. The molecule has 11 heteroatoms. The fraction of sp³-hybridized carbons (Fsp3) is 0.286. The van der Waals surface area contributed by atoms with E-state index in [0.717, 1.165) is 0 Å². The number of methoxy groups -OCH3 is 1. The predicted octanol–water partition coefficient (Wildman–Crippen LogP) is 3.44. The first kappa shape index (κ1) is 29.4. The van der Waals surface area contributed by atoms with Gasteiger partial charge in [0.1, 0.15) is 0 Å². The lowest BCUT2D eigenvalue weighted by Gasteiger charge is -2.31. The molecule has 10 nitrogen and oxygen atoms in total. The number of aromatic carboxylic acids is 1. The number of hydrogen-bond acceptors (Lipinski definition) is 8. The number of ether oxygens (including phenoxy) is 3. The standard InChI is InChI=1S/C28H29ClN2O8/c1-4-39-28(36)24-21(15-38-14-13-30-25(32)17-9-5-6-10-18(17)26(33)34)31-16(2)22(27(35)37-3)23(24)19-11-7-8-12-20(19)29/h5-12,23,31H,4,13-15H2,1-3H3,(H,30,32)(H,33,34)/t23-/m0/s1. The summed E-state index contributed by atoms with van der Waals surface area (Å²) < 4.78 is 16.1. The maximum Gasteiger partial charge on any atom is 0.336 e. The monoisotopic (exact) mass is 556 g/mol. The van der Waals surface area contributed by atoms with Crippen molar-refractivity contribution in [2.75, 3.05) is 33.5 Å². The van der Waals surface area contributed by atoms with E-state index in [1.54, 1.807) is 44.2 Å². The van der Waals surface area contributed by atoms with Gasteiger partial charge in [-0.05, 0) is 37.6 Å². The van der Waals surface area contributed by atoms with Crippen LogP contribution in [-0.4, -0.2) is 62.4 Å². The van der Waals surface area contributed by atoms with E-state index < -0.39 is 29.7 Å². The Morgan fingerprint density at radius 1 is 1.00 bits per heavy atom. The lowest BCUT2D eigenvalue weighted by atomic mass is 9.80. The van der Waals surface area contributed by atoms with Crippen LogP contribution in [0.3, 0.4) is 0 Å². The second kappa shape index (κ2) is 13.6. The Labute approximate surface area is 230 Å². The quantitative estimate of drug-likeness (QED) is 0.280. The SMILES string of the molecule is CCOC(=O)C1=C(COCCNC(=O)c2ccccc2C(=O)O)NC(C)=C(C(=O)OC)[C@@H]1c1ccccc1Cl. The smallest absolute Gasteiger partial charge is 0.336 e. The zero-order valence-electron chi connectivity index (χ0n) is 21.7. The second-order valence-electron chi connectivity index (χ2n) is 8.38. The second-order valence-corrected chi connectivity index (χ2v) is 8.79. The molecule has 3 N–H and O–H groups in total. The van der Waals surface area contributed by atoms with Crippen LogP contribution in [0.4, 0.5) is 0 Å². The molecule has 3 rings (SSSR count). The third-order valence-corrected chi connectivity index (χ3v) is 6.29. The number of benzene rings is 2. The summed E-state index contributed by atoms with van der Waals surface area (Å²) in [4.78, 5) is 49.8. The largest absolute Gasteiger partial charge is 0.478 e. The van der Waals surface area contributed by atoms with Crippen LogP contribution >= 0.6 is 11.6 Å². The van der Waals surface area contributed by atoms with Crippen LogP contribution in [0, 0.1) is 0 Å². The molecule has 1 aliphatic heterocycles. The first-order valence-electron chi connectivity index (χ1n) is 12.1. The van der Waals surface area contributed by atoms with Crippen LogP contribution in [0.1, 0.15) is 46.0 Å². The van der Waals surface area contributed by atoms with E-state index >= 15 is 0 Å². The van der Waals surface area contributed by atoms with E-state index in [9.17, 15) is 24.3 Å². The fourth-order valence-electron chi connectivity index (χ4n) is 4.23. The number of carbonyl (C=O) groups excluding carboxylic acids is 3. The van der Waals surface area contributed by atoms with Gasteiger partial charge in [0.15, 0.2) is 0 Å². The lowest BCUT2D eigenvalue weighted by Crippen LogP contribution is -2.35. The molecule has 1 amide bonds. The van der Waals surface area contributed by atoms with Gasteiger partial charge in [0.2, 0.25) is 0 Å². The summed E-state index contributed by atoms with van der Waals surface area (Å²) in [5, 5.41) is 15.3. The highest BCUT2D eigenvalue weighted by molar-refractivity contribution is 6.31. The van der Waals surface area contributed by atoms with Crippen LogP contribution in [0.2, 0.25) is 5.02 Å². The molecule has 0 fully saturated rings. The van der Waals surface area contributed by atoms with Crippen molar-refractivity contribution in [1.29, 1.82) is 0 Å². The first-order valence-corrected chi connectivity index (χ1v) is 12.5. The molecule has 0 spiro atoms. The molecular weight excluding hydrogens is 528 g/mol. The summed E-state index contributed by atoms with van der Waals surface area (Å²) in [7, 11) is 1.25. The van der Waals surface area contributed by atoms with Gasteiger partial charge >= 0.3 is 17.9 Å². The Kier molecular flexibility index (Phi) is 10.2. The molecular formula is C28H29ClN2O8. The average Bonchev–Trinajstić information content (AvgIpc) is 2.92. The number of rotatable bonds is 11. The van der Waals surface area contributed by atoms with Crippen molar-refractivity contribution in [3.8, 4) is 0 Å². The zero-order chi connectivity index (χ0) is 28.5. The number of allylic oxidation sites excluding steroid dienone is 1. The number of halogens is 1. The molecule has 2 aromatic rings. The van der Waals surface area contributed by atoms with Gasteiger partial charge in [-0.15, -0.1) is 0 Å². The highest BCUT2D eigenvalue weighted by atomic mass is 35.5. The third kappa shape index (κ3) is 6.84. The Balaban J connectivity index is 1.83. The molecule has 2 aromatic carbocycles. The summed E-state index contributed by atoms with van der Waals surface area (Å²) in [5.74, 6) is -3.92. The van der Waals surface area contributed by atoms with Crippen molar-refractivity contribution in [3.05, 3.63) is 92.8 Å². The van der Waals surface area contributed by atoms with Crippen molar-refractivity contribution < 1.29 is 38.5 Å². The lowest BCUT2D eigenvalue weighted by molar-refractivity contribution is -0.139. The molecule has 39 heavy (non-hydrogen) atoms. The molecule has 0 unspecified atom stereocenters. The number of carboxylic acids is 1. The minimum absolute atomic E-state index is 0.0323. The van der Waals surface area contributed by atoms with Gasteiger partial charge in [-0.3, -0.25) is 4.79 Å². The topological polar surface area (TPSA) is 140 Å². The van der Waals surface area contributed by atoms with Crippen molar-refractivity contribution in [2.24, 2.45) is 0 Å². The van der Waals surface area contributed by atoms with Crippen molar-refractivity contribution in [1.82, 2.24) is 10.6 Å². The number of hydrogen-bond donors (Lipinski definition) is 3. The molecule has 1 atom stereocenters. The number of carboxylic acid groups (broad SMARTS) is 1. The van der Waals surface area contributed by atoms with Gasteiger partial charge in [0.05, 0.1) is 60.8 Å². The molecule has 0 saturated carbocycles. The van der Waals surface area contributed by atoms with E-state index in [-0.39, 0.29) is 48.6 Å². The zero-order valence-corrected chi connectivity index (χ0v) is 22.5. The van der Waals surface area contributed by atoms with Gasteiger partial charge in [0, 0.05) is 17.3 Å². The van der Waals surface area contributed by atoms with Crippen LogP contribution < -0.4 is 10.6 Å². The maximum atomic E-state index is 13.2. The van der Waals surface area contributed by atoms with Crippen LogP contribution in [0.25, 0.3) is 0 Å². The van der Waals surface area contributed by atoms with Crippen LogP contribution in [0.5, 0.6) is 0 Å². The molecule has 206 valence electrons. The minimum atomic E-state index is -1.21. The number of amides is 1. The van der Waals surface area contributed by atoms with Gasteiger partial charge in [-0.2, -0.15) is 0 Å². The summed E-state index contributed by atoms with van der Waals surface area (Å²) in [6.45, 7) is 3.49. The molecule has 0 radical (unpaired) electrons. The number of carbonyl (C=O) groups is 4. The number of dihydropyridines is 1. The van der Waals surface area contributed by atoms with E-state index in [2.05, 4.69) is 10.6 Å². The average molecular weight is 557 g/mol. The van der Waals surface area contributed by atoms with E-state index in [0.29, 0.717) is 22.0 Å². The van der Waals surface area contributed by atoms with Crippen molar-refractivity contribution in [3.63, 3.8) is 0 Å². The Morgan fingerprint density at radius 3 is 2.31 bits per heavy atom. The van der Waals surface area contributed by atoms with Crippen LogP contribution in [0.15, 0.2) is 71.1 Å². The summed E-state index contributed by atoms with van der Waals surface area (Å²) in [6, 6.07) is 12.7. The maximum absolute atomic E-state index is 13.2. The third-order valence-electron chi connectivity index (χ3n) is 5.94. The molecule has 0 saturated heterocycles. The van der Waals surface area contributed by atoms with Gasteiger partial charge in [0.25, 0.3) is 5.91 Å². The minimum Gasteiger partial charge on any atom is -0.478 e. The Morgan fingerprint density at radius 2 is 1.67 bits per heavy atom. The fourth-order valence-corrected chi connectivity index (χ4v) is 4.48. The molecule has 0 aromatic heterocycles. The van der Waals surface area contributed by atoms with E-state index in [1.165, 1.54) is 25.3 Å². The van der Waals surface area contributed by atoms with E-state index in [1.807, 2.05) is 0 Å². The van der Waals surface area contributed by atoms with Gasteiger partial charge < -0.3 is 30.0 Å². The van der Waals surface area contributed by atoms with Crippen molar-refractivity contribution in [2.45, 2.75) is 19.8 Å². The normalized spacial score (nSPS) is 14.9. The highest BCUT2D eigenvalue weighted by Crippen LogP contribution is 2.41. The van der Waals surface area contributed by atoms with Gasteiger partial charge in [-0.1, -0.05) is 41.9 Å². The summed E-state index contributed by atoms with van der Waals surface area (Å²) in [5.41, 5.74) is 1.62. The number of nitrogens with one attached hydrogen (secondary N) is 2. The Bertz CT molecular complexity index is 1330. The summed E-state index contributed by atoms with van der Waals surface area (Å²) >= 11 is 6.49. The molecule has 0 bridgehead atoms. The highest BCUT2D eigenvalue weighted by Gasteiger charge is 2.39. The predicted molar refractivity (Wildman–Crippen MR) is 142 cm³/mol. The van der Waals surface area contributed by atoms with Crippen molar-refractivity contribution >= 4 is 35.4 Å². The van der Waals surface area contributed by atoms with Crippen LogP contribution in [-0.2, 0) is 23.8 Å². The van der Waals surface area contributed by atoms with Gasteiger partial charge in [-0.25, -0.2) is 14.4 Å². The number of esters is 2. The van der Waals surface area contributed by atoms with E-state index in [4.69, 9.17) is 25.8 Å². The Hall–Kier alpha value is -4.15.